The minimum Gasteiger partial charge on any atom is -0.497 e. The van der Waals surface area contributed by atoms with Crippen LogP contribution >= 0.6 is 11.3 Å². The summed E-state index contributed by atoms with van der Waals surface area (Å²) in [5.74, 6) is 3.26. The fourth-order valence-electron chi connectivity index (χ4n) is 5.16. The van der Waals surface area contributed by atoms with Crippen molar-refractivity contribution >= 4 is 33.3 Å². The maximum atomic E-state index is 13.3. The van der Waals surface area contributed by atoms with Crippen LogP contribution in [0, 0.1) is 0 Å². The zero-order valence-electron chi connectivity index (χ0n) is 20.9. The Bertz CT molecular complexity index is 1190. The van der Waals surface area contributed by atoms with Crippen LogP contribution in [0.4, 0.5) is 5.82 Å². The van der Waals surface area contributed by atoms with Crippen molar-refractivity contribution in [3.8, 4) is 11.5 Å². The summed E-state index contributed by atoms with van der Waals surface area (Å²) in [4.78, 5) is 30.3. The largest absolute Gasteiger partial charge is 0.497 e. The Morgan fingerprint density at radius 3 is 2.37 bits per heavy atom. The third-order valence-corrected chi connectivity index (χ3v) is 8.22. The number of hydrogen-bond acceptors (Lipinski definition) is 7. The molecule has 35 heavy (non-hydrogen) atoms. The third-order valence-electron chi connectivity index (χ3n) is 7.03. The molecule has 1 aliphatic heterocycles. The first-order valence-corrected chi connectivity index (χ1v) is 13.5. The van der Waals surface area contributed by atoms with E-state index in [1.54, 1.807) is 32.4 Å². The lowest BCUT2D eigenvalue weighted by Gasteiger charge is -2.36. The molecule has 0 atom stereocenters. The number of hydrogen-bond donors (Lipinski definition) is 0. The number of aryl methyl sites for hydroxylation is 3. The summed E-state index contributed by atoms with van der Waals surface area (Å²) in [6, 6.07) is 5.35. The topological polar surface area (TPSA) is 67.8 Å². The van der Waals surface area contributed by atoms with Gasteiger partial charge in [0.25, 0.3) is 5.91 Å². The molecule has 0 N–H and O–H groups in total. The second-order valence-corrected chi connectivity index (χ2v) is 10.4. The van der Waals surface area contributed by atoms with E-state index in [-0.39, 0.29) is 5.91 Å². The Morgan fingerprint density at radius 1 is 0.971 bits per heavy atom. The maximum Gasteiger partial charge on any atom is 0.254 e. The summed E-state index contributed by atoms with van der Waals surface area (Å²) in [6.07, 6.45) is 7.99. The van der Waals surface area contributed by atoms with Gasteiger partial charge in [0.05, 0.1) is 19.6 Å². The quantitative estimate of drug-likeness (QED) is 0.455. The van der Waals surface area contributed by atoms with Gasteiger partial charge in [-0.3, -0.25) is 4.79 Å². The van der Waals surface area contributed by atoms with E-state index in [4.69, 9.17) is 19.4 Å². The van der Waals surface area contributed by atoms with Crippen molar-refractivity contribution in [2.75, 3.05) is 45.3 Å². The van der Waals surface area contributed by atoms with E-state index in [1.165, 1.54) is 35.1 Å². The van der Waals surface area contributed by atoms with Crippen LogP contribution in [0.3, 0.4) is 0 Å². The third kappa shape index (κ3) is 4.81. The Balaban J connectivity index is 1.41. The molecule has 0 bridgehead atoms. The van der Waals surface area contributed by atoms with Gasteiger partial charge in [0.1, 0.15) is 28.0 Å². The van der Waals surface area contributed by atoms with Crippen molar-refractivity contribution in [2.45, 2.75) is 51.9 Å². The molecule has 1 saturated heterocycles. The highest BCUT2D eigenvalue weighted by Crippen LogP contribution is 2.39. The molecule has 0 unspecified atom stereocenters. The summed E-state index contributed by atoms with van der Waals surface area (Å²) in [5, 5.41) is 1.27. The number of rotatable bonds is 6. The molecule has 1 fully saturated rings. The Kier molecular flexibility index (Phi) is 7.09. The molecule has 1 aliphatic carbocycles. The van der Waals surface area contributed by atoms with Crippen LogP contribution in [0.2, 0.25) is 0 Å². The van der Waals surface area contributed by atoms with Crippen molar-refractivity contribution < 1.29 is 14.3 Å². The number of aromatic nitrogens is 2. The number of carbonyl (C=O) groups excluding carboxylic acids is 1. The number of ether oxygens (including phenoxy) is 2. The van der Waals surface area contributed by atoms with Crippen LogP contribution in [-0.4, -0.2) is 61.2 Å². The number of fused-ring (bicyclic) bond motifs is 3. The van der Waals surface area contributed by atoms with Crippen molar-refractivity contribution in [1.29, 1.82) is 0 Å². The Morgan fingerprint density at radius 2 is 1.69 bits per heavy atom. The number of thiophene rings is 1. The van der Waals surface area contributed by atoms with Gasteiger partial charge in [0.2, 0.25) is 0 Å². The van der Waals surface area contributed by atoms with Gasteiger partial charge in [-0.2, -0.15) is 0 Å². The molecule has 0 radical (unpaired) electrons. The normalized spacial score (nSPS) is 16.2. The predicted octanol–water partition coefficient (Wildman–Crippen LogP) is 4.89. The highest BCUT2D eigenvalue weighted by Gasteiger charge is 2.28. The van der Waals surface area contributed by atoms with Gasteiger partial charge in [-0.15, -0.1) is 11.3 Å². The number of carbonyl (C=O) groups is 1. The van der Waals surface area contributed by atoms with Crippen molar-refractivity contribution in [3.63, 3.8) is 0 Å². The van der Waals surface area contributed by atoms with Crippen molar-refractivity contribution in [3.05, 3.63) is 40.0 Å². The first kappa shape index (κ1) is 23.9. The van der Waals surface area contributed by atoms with Gasteiger partial charge in [0.15, 0.2) is 0 Å². The summed E-state index contributed by atoms with van der Waals surface area (Å²) >= 11 is 1.87. The number of amides is 1. The molecule has 5 rings (SSSR count). The number of methoxy groups -OCH3 is 2. The molecule has 8 heteroatoms. The van der Waals surface area contributed by atoms with E-state index in [2.05, 4.69) is 11.8 Å². The van der Waals surface area contributed by atoms with Crippen LogP contribution in [-0.2, 0) is 19.3 Å². The van der Waals surface area contributed by atoms with Gasteiger partial charge >= 0.3 is 0 Å². The monoisotopic (exact) mass is 494 g/mol. The lowest BCUT2D eigenvalue weighted by molar-refractivity contribution is 0.0746. The summed E-state index contributed by atoms with van der Waals surface area (Å²) in [5.41, 5.74) is 2.06. The molecule has 0 spiro atoms. The van der Waals surface area contributed by atoms with Gasteiger partial charge in [-0.05, 0) is 49.8 Å². The number of anilines is 1. The van der Waals surface area contributed by atoms with Gasteiger partial charge in [-0.1, -0.05) is 13.3 Å². The van der Waals surface area contributed by atoms with Crippen molar-refractivity contribution in [1.82, 2.24) is 14.9 Å². The maximum absolute atomic E-state index is 13.3. The van der Waals surface area contributed by atoms with Crippen LogP contribution in [0.5, 0.6) is 11.5 Å². The predicted molar refractivity (Wildman–Crippen MR) is 140 cm³/mol. The van der Waals surface area contributed by atoms with E-state index in [0.717, 1.165) is 55.2 Å². The first-order valence-electron chi connectivity index (χ1n) is 12.7. The van der Waals surface area contributed by atoms with E-state index >= 15 is 0 Å². The van der Waals surface area contributed by atoms with E-state index in [1.807, 2.05) is 16.2 Å². The fourth-order valence-corrected chi connectivity index (χ4v) is 6.43. The van der Waals surface area contributed by atoms with Crippen LogP contribution in [0.15, 0.2) is 18.2 Å². The average Bonchev–Trinajstić information content (AvgIpc) is 3.08. The summed E-state index contributed by atoms with van der Waals surface area (Å²) in [6.45, 7) is 5.00. The van der Waals surface area contributed by atoms with E-state index in [9.17, 15) is 4.79 Å². The molecular formula is C27H34N4O3S. The molecule has 1 aromatic carbocycles. The molecule has 0 saturated carbocycles. The highest BCUT2D eigenvalue weighted by molar-refractivity contribution is 7.19. The zero-order chi connectivity index (χ0) is 24.4. The van der Waals surface area contributed by atoms with Crippen LogP contribution in [0.1, 0.15) is 59.2 Å². The van der Waals surface area contributed by atoms with E-state index < -0.39 is 0 Å². The Hall–Kier alpha value is -2.87. The first-order chi connectivity index (χ1) is 17.1. The van der Waals surface area contributed by atoms with Gasteiger partial charge in [-0.25, -0.2) is 9.97 Å². The molecule has 7 nitrogen and oxygen atoms in total. The smallest absolute Gasteiger partial charge is 0.254 e. The number of benzene rings is 1. The van der Waals surface area contributed by atoms with Crippen LogP contribution in [0.25, 0.3) is 10.2 Å². The number of nitrogens with zero attached hydrogens (tertiary/aromatic N) is 4. The lowest BCUT2D eigenvalue weighted by atomic mass is 10.1. The second-order valence-electron chi connectivity index (χ2n) is 9.34. The highest BCUT2D eigenvalue weighted by atomic mass is 32.1. The molecular weight excluding hydrogens is 460 g/mol. The fraction of sp³-hybridized carbons (Fsp3) is 0.519. The summed E-state index contributed by atoms with van der Waals surface area (Å²) < 4.78 is 10.7. The van der Waals surface area contributed by atoms with Gasteiger partial charge < -0.3 is 19.3 Å². The Labute approximate surface area is 211 Å². The number of piperazine rings is 1. The molecule has 1 amide bonds. The minimum atomic E-state index is 0.00533. The SMILES string of the molecule is CCCc1nc(N2CCN(C(=O)c3cc(OC)cc(OC)c3)CC2)c2c3c(sc2n1)CCCCC3. The minimum absolute atomic E-state index is 0.00533. The molecule has 3 heterocycles. The average molecular weight is 495 g/mol. The van der Waals surface area contributed by atoms with E-state index in [0.29, 0.717) is 30.2 Å². The van der Waals surface area contributed by atoms with Crippen molar-refractivity contribution in [2.24, 2.45) is 0 Å². The molecule has 3 aromatic rings. The summed E-state index contributed by atoms with van der Waals surface area (Å²) in [7, 11) is 3.20. The zero-order valence-corrected chi connectivity index (χ0v) is 21.7. The lowest BCUT2D eigenvalue weighted by Crippen LogP contribution is -2.49. The van der Waals surface area contributed by atoms with Crippen LogP contribution < -0.4 is 14.4 Å². The second kappa shape index (κ2) is 10.4. The van der Waals surface area contributed by atoms with Gasteiger partial charge in [0, 0.05) is 49.1 Å². The standard InChI is InChI=1S/C27H34N4O3S/c1-4-8-23-28-25(24-21-9-6-5-7-10-22(21)35-26(24)29-23)30-11-13-31(14-12-30)27(32)18-15-19(33-2)17-20(16-18)34-3/h15-17H,4-14H2,1-3H3. The molecule has 2 aliphatic rings. The molecule has 2 aromatic heterocycles. The molecule has 186 valence electrons.